The maximum Gasteiger partial charge on any atom is 0.147 e. The molecule has 0 unspecified atom stereocenters. The van der Waals surface area contributed by atoms with Crippen LogP contribution in [0.2, 0.25) is 0 Å². The van der Waals surface area contributed by atoms with Gasteiger partial charge in [-0.15, -0.1) is 0 Å². The Bertz CT molecular complexity index is 429. The first-order valence-corrected chi connectivity index (χ1v) is 6.53. The number of thioether (sulfide) groups is 1. The number of aliphatic hydroxyl groups is 1. The monoisotopic (exact) mass is 254 g/mol. The summed E-state index contributed by atoms with van der Waals surface area (Å²) >= 11 is 1.53. The quantitative estimate of drug-likeness (QED) is 0.846. The molecule has 1 aromatic rings. The lowest BCUT2D eigenvalue weighted by molar-refractivity contribution is 0.0996. The molecule has 0 bridgehead atoms. The van der Waals surface area contributed by atoms with Crippen molar-refractivity contribution in [3.8, 4) is 6.07 Å². The van der Waals surface area contributed by atoms with Crippen LogP contribution in [0, 0.1) is 17.1 Å². The third-order valence-electron chi connectivity index (χ3n) is 2.21. The summed E-state index contributed by atoms with van der Waals surface area (Å²) in [6.45, 7) is 1.95. The van der Waals surface area contributed by atoms with Gasteiger partial charge in [0.2, 0.25) is 0 Å². The van der Waals surface area contributed by atoms with Crippen molar-refractivity contribution in [3.63, 3.8) is 0 Å². The summed E-state index contributed by atoms with van der Waals surface area (Å²) in [5.41, 5.74) is -0.311. The number of rotatable bonds is 5. The standard InChI is InChI=1S/C12H15FN2OS/c1-12(16,8-17-2)7-15-11-4-3-9(6-14)5-10(11)13/h3-5,15-16H,7-8H2,1-2H3/t12-/m1/s1. The van der Waals surface area contributed by atoms with Gasteiger partial charge in [-0.1, -0.05) is 0 Å². The lowest BCUT2D eigenvalue weighted by Crippen LogP contribution is -2.36. The Labute approximate surface area is 105 Å². The minimum Gasteiger partial charge on any atom is -0.387 e. The van der Waals surface area contributed by atoms with Crippen molar-refractivity contribution in [2.24, 2.45) is 0 Å². The molecule has 1 rings (SSSR count). The molecular formula is C12H15FN2OS. The van der Waals surface area contributed by atoms with Crippen molar-refractivity contribution in [2.75, 3.05) is 23.9 Å². The Hall–Kier alpha value is -1.25. The van der Waals surface area contributed by atoms with Gasteiger partial charge in [-0.25, -0.2) is 4.39 Å². The summed E-state index contributed by atoms with van der Waals surface area (Å²) in [4.78, 5) is 0. The van der Waals surface area contributed by atoms with E-state index in [0.29, 0.717) is 11.4 Å². The number of benzene rings is 1. The second-order valence-electron chi connectivity index (χ2n) is 4.09. The van der Waals surface area contributed by atoms with Crippen LogP contribution in [0.4, 0.5) is 10.1 Å². The van der Waals surface area contributed by atoms with Crippen LogP contribution >= 0.6 is 11.8 Å². The fourth-order valence-corrected chi connectivity index (χ4v) is 2.10. The summed E-state index contributed by atoms with van der Waals surface area (Å²) < 4.78 is 13.5. The molecule has 0 aliphatic carbocycles. The molecular weight excluding hydrogens is 239 g/mol. The SMILES string of the molecule is CSC[C@](C)(O)CNc1ccc(C#N)cc1F. The van der Waals surface area contributed by atoms with Gasteiger partial charge in [-0.3, -0.25) is 0 Å². The highest BCUT2D eigenvalue weighted by Crippen LogP contribution is 2.17. The van der Waals surface area contributed by atoms with E-state index in [2.05, 4.69) is 5.32 Å². The smallest absolute Gasteiger partial charge is 0.147 e. The second kappa shape index (κ2) is 5.89. The maximum atomic E-state index is 13.5. The van der Waals surface area contributed by atoms with Gasteiger partial charge in [0.15, 0.2) is 0 Å². The molecule has 2 N–H and O–H groups in total. The Morgan fingerprint density at radius 3 is 2.82 bits per heavy atom. The van der Waals surface area contributed by atoms with Crippen LogP contribution in [0.3, 0.4) is 0 Å². The lowest BCUT2D eigenvalue weighted by atomic mass is 10.1. The second-order valence-corrected chi connectivity index (χ2v) is 4.96. The molecule has 0 aromatic heterocycles. The molecule has 0 radical (unpaired) electrons. The average molecular weight is 254 g/mol. The van der Waals surface area contributed by atoms with Crippen LogP contribution in [0.5, 0.6) is 0 Å². The Kier molecular flexibility index (Phi) is 4.79. The van der Waals surface area contributed by atoms with Crippen molar-refractivity contribution in [3.05, 3.63) is 29.6 Å². The number of hydrogen-bond acceptors (Lipinski definition) is 4. The molecule has 5 heteroatoms. The van der Waals surface area contributed by atoms with Gasteiger partial charge in [0.05, 0.1) is 22.9 Å². The van der Waals surface area contributed by atoms with E-state index >= 15 is 0 Å². The molecule has 17 heavy (non-hydrogen) atoms. The van der Waals surface area contributed by atoms with Gasteiger partial charge in [0, 0.05) is 12.3 Å². The van der Waals surface area contributed by atoms with Gasteiger partial charge in [-0.05, 0) is 31.4 Å². The van der Waals surface area contributed by atoms with E-state index in [1.54, 1.807) is 6.92 Å². The summed E-state index contributed by atoms with van der Waals surface area (Å²) in [6.07, 6.45) is 1.90. The minimum absolute atomic E-state index is 0.261. The summed E-state index contributed by atoms with van der Waals surface area (Å²) in [5.74, 6) is 0.0850. The van der Waals surface area contributed by atoms with Crippen LogP contribution < -0.4 is 5.32 Å². The van der Waals surface area contributed by atoms with Gasteiger partial charge in [0.1, 0.15) is 5.82 Å². The van der Waals surface area contributed by atoms with Crippen LogP contribution in [-0.2, 0) is 0 Å². The molecule has 1 atom stereocenters. The van der Waals surface area contributed by atoms with Crippen molar-refractivity contribution in [1.29, 1.82) is 5.26 Å². The highest BCUT2D eigenvalue weighted by atomic mass is 32.2. The van der Waals surface area contributed by atoms with E-state index in [4.69, 9.17) is 5.26 Å². The lowest BCUT2D eigenvalue weighted by Gasteiger charge is -2.23. The number of hydrogen-bond donors (Lipinski definition) is 2. The van der Waals surface area contributed by atoms with E-state index in [-0.39, 0.29) is 12.1 Å². The fourth-order valence-electron chi connectivity index (χ4n) is 1.38. The summed E-state index contributed by atoms with van der Waals surface area (Å²) in [7, 11) is 0. The number of nitriles is 1. The third kappa shape index (κ3) is 4.25. The van der Waals surface area contributed by atoms with Gasteiger partial charge in [0.25, 0.3) is 0 Å². The highest BCUT2D eigenvalue weighted by Gasteiger charge is 2.19. The molecule has 0 fully saturated rings. The van der Waals surface area contributed by atoms with Crippen LogP contribution in [0.25, 0.3) is 0 Å². The predicted octanol–water partition coefficient (Wildman–Crippen LogP) is 2.22. The molecule has 0 saturated heterocycles. The maximum absolute atomic E-state index is 13.5. The van der Waals surface area contributed by atoms with Crippen molar-refractivity contribution < 1.29 is 9.50 Å². The molecule has 1 aromatic carbocycles. The van der Waals surface area contributed by atoms with Crippen LogP contribution in [0.15, 0.2) is 18.2 Å². The molecule has 0 aliphatic heterocycles. The average Bonchev–Trinajstić information content (AvgIpc) is 2.27. The Morgan fingerprint density at radius 1 is 1.59 bits per heavy atom. The van der Waals surface area contributed by atoms with E-state index in [0.717, 1.165) is 0 Å². The molecule has 0 aliphatic rings. The third-order valence-corrected chi connectivity index (χ3v) is 3.12. The number of anilines is 1. The largest absolute Gasteiger partial charge is 0.387 e. The van der Waals surface area contributed by atoms with Crippen molar-refractivity contribution in [1.82, 2.24) is 0 Å². The van der Waals surface area contributed by atoms with Crippen LogP contribution in [0.1, 0.15) is 12.5 Å². The van der Waals surface area contributed by atoms with Crippen molar-refractivity contribution in [2.45, 2.75) is 12.5 Å². The molecule has 0 spiro atoms. The summed E-state index contributed by atoms with van der Waals surface area (Å²) in [6, 6.07) is 6.08. The minimum atomic E-state index is -0.889. The summed E-state index contributed by atoms with van der Waals surface area (Å²) in [5, 5.41) is 21.4. The highest BCUT2D eigenvalue weighted by molar-refractivity contribution is 7.98. The van der Waals surface area contributed by atoms with Gasteiger partial charge in [-0.2, -0.15) is 17.0 Å². The van der Waals surface area contributed by atoms with Gasteiger partial charge < -0.3 is 10.4 Å². The number of halogens is 1. The zero-order valence-corrected chi connectivity index (χ0v) is 10.6. The first kappa shape index (κ1) is 13.8. The first-order chi connectivity index (χ1) is 7.98. The predicted molar refractivity (Wildman–Crippen MR) is 68.6 cm³/mol. The zero-order chi connectivity index (χ0) is 12.9. The van der Waals surface area contributed by atoms with Crippen molar-refractivity contribution >= 4 is 17.4 Å². The topological polar surface area (TPSA) is 56.0 Å². The molecule has 92 valence electrons. The zero-order valence-electron chi connectivity index (χ0n) is 9.83. The van der Waals surface area contributed by atoms with E-state index in [1.165, 1.54) is 30.0 Å². The fraction of sp³-hybridized carbons (Fsp3) is 0.417. The van der Waals surface area contributed by atoms with E-state index in [9.17, 15) is 9.50 Å². The molecule has 0 saturated carbocycles. The van der Waals surface area contributed by atoms with Gasteiger partial charge >= 0.3 is 0 Å². The van der Waals surface area contributed by atoms with Crippen LogP contribution in [-0.4, -0.2) is 29.3 Å². The molecule has 3 nitrogen and oxygen atoms in total. The first-order valence-electron chi connectivity index (χ1n) is 5.13. The van der Waals surface area contributed by atoms with E-state index in [1.807, 2.05) is 12.3 Å². The Balaban J connectivity index is 2.67. The Morgan fingerprint density at radius 2 is 2.29 bits per heavy atom. The van der Waals surface area contributed by atoms with E-state index < -0.39 is 11.4 Å². The normalized spacial score (nSPS) is 13.8. The molecule has 0 amide bonds. The number of nitrogens with zero attached hydrogens (tertiary/aromatic N) is 1. The molecule has 0 heterocycles. The number of nitrogens with one attached hydrogen (secondary N) is 1.